The molecule has 1 aliphatic carbocycles. The highest BCUT2D eigenvalue weighted by Gasteiger charge is 2.59. The predicted octanol–water partition coefficient (Wildman–Crippen LogP) is 2.45. The van der Waals surface area contributed by atoms with E-state index in [0.717, 1.165) is 19.4 Å². The molecule has 3 rings (SSSR count). The van der Waals surface area contributed by atoms with Gasteiger partial charge in [-0.15, -0.1) is 0 Å². The normalized spacial score (nSPS) is 36.2. The molecule has 4 heteroatoms. The third kappa shape index (κ3) is 3.18. The van der Waals surface area contributed by atoms with Crippen molar-refractivity contribution in [3.8, 4) is 0 Å². The number of methoxy groups -OCH3 is 1. The molecule has 4 atom stereocenters. The summed E-state index contributed by atoms with van der Waals surface area (Å²) >= 11 is 0. The molecule has 128 valence electrons. The van der Waals surface area contributed by atoms with E-state index in [1.54, 1.807) is 7.11 Å². The molecule has 4 nitrogen and oxygen atoms in total. The van der Waals surface area contributed by atoms with Crippen LogP contribution in [0.1, 0.15) is 32.3 Å². The van der Waals surface area contributed by atoms with Gasteiger partial charge < -0.3 is 14.6 Å². The van der Waals surface area contributed by atoms with E-state index in [9.17, 15) is 5.11 Å². The first-order chi connectivity index (χ1) is 10.9. The number of aliphatic hydroxyl groups is 1. The highest BCUT2D eigenvalue weighted by atomic mass is 16.5. The maximum Gasteiger partial charge on any atom is 0.109 e. The van der Waals surface area contributed by atoms with E-state index < -0.39 is 5.60 Å². The van der Waals surface area contributed by atoms with Crippen LogP contribution in [0.15, 0.2) is 30.3 Å². The van der Waals surface area contributed by atoms with Gasteiger partial charge in [0.05, 0.1) is 24.4 Å². The van der Waals surface area contributed by atoms with Crippen molar-refractivity contribution in [1.29, 1.82) is 0 Å². The Labute approximate surface area is 139 Å². The van der Waals surface area contributed by atoms with Crippen molar-refractivity contribution in [3.05, 3.63) is 35.9 Å². The fourth-order valence-corrected chi connectivity index (χ4v) is 4.46. The van der Waals surface area contributed by atoms with E-state index in [2.05, 4.69) is 50.1 Å². The van der Waals surface area contributed by atoms with Gasteiger partial charge in [0.1, 0.15) is 5.60 Å². The Morgan fingerprint density at radius 2 is 2.00 bits per heavy atom. The summed E-state index contributed by atoms with van der Waals surface area (Å²) in [6.45, 7) is 5.39. The average Bonchev–Trinajstić information content (AvgIpc) is 2.79. The molecule has 0 unspecified atom stereocenters. The van der Waals surface area contributed by atoms with Gasteiger partial charge in [0, 0.05) is 13.7 Å². The minimum Gasteiger partial charge on any atom is -0.385 e. The van der Waals surface area contributed by atoms with E-state index in [1.165, 1.54) is 5.56 Å². The highest BCUT2D eigenvalue weighted by molar-refractivity contribution is 5.17. The second kappa shape index (κ2) is 6.17. The van der Waals surface area contributed by atoms with Crippen molar-refractivity contribution in [2.75, 3.05) is 20.8 Å². The van der Waals surface area contributed by atoms with E-state index in [4.69, 9.17) is 9.47 Å². The summed E-state index contributed by atoms with van der Waals surface area (Å²) < 4.78 is 11.7. The molecule has 0 aromatic heterocycles. The number of nitrogens with zero attached hydrogens (tertiary/aromatic N) is 1. The largest absolute Gasteiger partial charge is 0.385 e. The Balaban J connectivity index is 1.81. The third-order valence-electron chi connectivity index (χ3n) is 5.57. The topological polar surface area (TPSA) is 41.9 Å². The first-order valence-electron chi connectivity index (χ1n) is 8.49. The summed E-state index contributed by atoms with van der Waals surface area (Å²) in [6.07, 6.45) is 1.80. The van der Waals surface area contributed by atoms with Crippen LogP contribution in [0.4, 0.5) is 0 Å². The summed E-state index contributed by atoms with van der Waals surface area (Å²) in [6, 6.07) is 10.3. The van der Waals surface area contributed by atoms with E-state index in [-0.39, 0.29) is 23.7 Å². The smallest absolute Gasteiger partial charge is 0.109 e. The summed E-state index contributed by atoms with van der Waals surface area (Å²) in [5.74, 6) is 0.222. The standard InChI is InChI=1S/C19H29NO3/c1-18(2)11-15-10-16(22-4)17(19(15,21)13-23-18)20(3)12-14-8-6-5-7-9-14/h5-9,15-17,21H,10-13H2,1-4H3/t15-,16-,17+,19+/m1/s1. The number of hydrogen-bond donors (Lipinski definition) is 1. The van der Waals surface area contributed by atoms with Gasteiger partial charge in [-0.2, -0.15) is 0 Å². The second-order valence-electron chi connectivity index (χ2n) is 7.80. The molecule has 1 heterocycles. The van der Waals surface area contributed by atoms with Crippen molar-refractivity contribution in [1.82, 2.24) is 4.90 Å². The van der Waals surface area contributed by atoms with Crippen molar-refractivity contribution in [3.63, 3.8) is 0 Å². The minimum absolute atomic E-state index is 0.0382. The van der Waals surface area contributed by atoms with Gasteiger partial charge in [0.25, 0.3) is 0 Å². The lowest BCUT2D eigenvalue weighted by Gasteiger charge is -2.47. The van der Waals surface area contributed by atoms with E-state index in [0.29, 0.717) is 6.61 Å². The van der Waals surface area contributed by atoms with E-state index >= 15 is 0 Å². The molecule has 0 amide bonds. The van der Waals surface area contributed by atoms with Gasteiger partial charge >= 0.3 is 0 Å². The zero-order valence-corrected chi connectivity index (χ0v) is 14.7. The lowest BCUT2D eigenvalue weighted by molar-refractivity contribution is -0.197. The van der Waals surface area contributed by atoms with Gasteiger partial charge in [-0.3, -0.25) is 4.90 Å². The van der Waals surface area contributed by atoms with Crippen molar-refractivity contribution >= 4 is 0 Å². The third-order valence-corrected chi connectivity index (χ3v) is 5.57. The highest BCUT2D eigenvalue weighted by Crippen LogP contribution is 2.48. The Morgan fingerprint density at radius 1 is 1.30 bits per heavy atom. The first-order valence-corrected chi connectivity index (χ1v) is 8.49. The maximum atomic E-state index is 11.4. The molecule has 2 fully saturated rings. The number of hydrogen-bond acceptors (Lipinski definition) is 4. The molecular formula is C19H29NO3. The molecule has 1 saturated carbocycles. The van der Waals surface area contributed by atoms with Crippen LogP contribution in [0.3, 0.4) is 0 Å². The second-order valence-corrected chi connectivity index (χ2v) is 7.80. The van der Waals surface area contributed by atoms with Crippen LogP contribution in [-0.2, 0) is 16.0 Å². The first kappa shape index (κ1) is 16.9. The molecule has 1 N–H and O–H groups in total. The predicted molar refractivity (Wildman–Crippen MR) is 90.2 cm³/mol. The summed E-state index contributed by atoms with van der Waals surface area (Å²) in [5.41, 5.74) is 0.246. The fourth-order valence-electron chi connectivity index (χ4n) is 4.46. The number of fused-ring (bicyclic) bond motifs is 1. The minimum atomic E-state index is -0.834. The molecular weight excluding hydrogens is 290 g/mol. The Bertz CT molecular complexity index is 533. The molecule has 1 aromatic carbocycles. The monoisotopic (exact) mass is 319 g/mol. The molecule has 1 aliphatic heterocycles. The van der Waals surface area contributed by atoms with E-state index in [1.807, 2.05) is 6.07 Å². The van der Waals surface area contributed by atoms with Gasteiger partial charge in [-0.1, -0.05) is 30.3 Å². The van der Waals surface area contributed by atoms with Crippen LogP contribution < -0.4 is 0 Å². The van der Waals surface area contributed by atoms with Crippen molar-refractivity contribution in [2.24, 2.45) is 5.92 Å². The van der Waals surface area contributed by atoms with Gasteiger partial charge in [0.2, 0.25) is 0 Å². The molecule has 1 aromatic rings. The van der Waals surface area contributed by atoms with Crippen molar-refractivity contribution < 1.29 is 14.6 Å². The lowest BCUT2D eigenvalue weighted by atomic mass is 9.78. The van der Waals surface area contributed by atoms with Crippen LogP contribution in [0, 0.1) is 5.92 Å². The lowest BCUT2D eigenvalue weighted by Crippen LogP contribution is -2.60. The number of benzene rings is 1. The Hall–Kier alpha value is -0.940. The van der Waals surface area contributed by atoms with Gasteiger partial charge in [-0.25, -0.2) is 0 Å². The summed E-state index contributed by atoms with van der Waals surface area (Å²) in [5, 5.41) is 11.4. The molecule has 2 aliphatic rings. The zero-order valence-electron chi connectivity index (χ0n) is 14.7. The Kier molecular flexibility index (Phi) is 4.53. The van der Waals surface area contributed by atoms with Crippen LogP contribution in [0.2, 0.25) is 0 Å². The molecule has 1 saturated heterocycles. The number of likely N-dealkylation sites (N-methyl/N-ethyl adjacent to an activating group) is 1. The van der Waals surface area contributed by atoms with Crippen molar-refractivity contribution in [2.45, 2.75) is 56.6 Å². The van der Waals surface area contributed by atoms with Crippen LogP contribution >= 0.6 is 0 Å². The van der Waals surface area contributed by atoms with Gasteiger partial charge in [-0.05, 0) is 45.2 Å². The quantitative estimate of drug-likeness (QED) is 0.926. The number of ether oxygens (including phenoxy) is 2. The molecule has 23 heavy (non-hydrogen) atoms. The Morgan fingerprint density at radius 3 is 2.65 bits per heavy atom. The van der Waals surface area contributed by atoms with Gasteiger partial charge in [0.15, 0.2) is 0 Å². The van der Waals surface area contributed by atoms with Crippen LogP contribution in [0.5, 0.6) is 0 Å². The van der Waals surface area contributed by atoms with Crippen LogP contribution in [0.25, 0.3) is 0 Å². The maximum absolute atomic E-state index is 11.4. The average molecular weight is 319 g/mol. The molecule has 0 spiro atoms. The zero-order chi connectivity index (χ0) is 16.7. The fraction of sp³-hybridized carbons (Fsp3) is 0.684. The summed E-state index contributed by atoms with van der Waals surface area (Å²) in [4.78, 5) is 2.23. The van der Waals surface area contributed by atoms with Crippen LogP contribution in [-0.4, -0.2) is 54.1 Å². The number of rotatable bonds is 4. The SMILES string of the molecule is CO[C@@H]1C[C@@H]2CC(C)(C)OC[C@@]2(O)[C@H]1N(C)Cc1ccccc1. The molecule has 0 radical (unpaired) electrons. The summed E-state index contributed by atoms with van der Waals surface area (Å²) in [7, 11) is 3.82. The molecule has 0 bridgehead atoms.